The number of hydrogen-bond acceptors (Lipinski definition) is 6. The average molecular weight is 611 g/mol. The number of carbonyl (C=O) groups is 2. The number of fused-ring (bicyclic) bond motifs is 3. The minimum Gasteiger partial charge on any atom is -0.444 e. The molecule has 1 saturated carbocycles. The maximum absolute atomic E-state index is 14.4. The molecule has 1 spiro atoms. The predicted octanol–water partition coefficient (Wildman–Crippen LogP) is 6.18. The summed E-state index contributed by atoms with van der Waals surface area (Å²) in [6.07, 6.45) is 2.36. The van der Waals surface area contributed by atoms with Gasteiger partial charge in [-0.05, 0) is 93.1 Å². The van der Waals surface area contributed by atoms with Gasteiger partial charge in [0.2, 0.25) is 5.91 Å². The zero-order valence-corrected chi connectivity index (χ0v) is 24.8. The van der Waals surface area contributed by atoms with Crippen molar-refractivity contribution < 1.29 is 31.5 Å². The second-order valence-corrected chi connectivity index (χ2v) is 13.9. The van der Waals surface area contributed by atoms with E-state index < -0.39 is 37.6 Å². The molecule has 0 unspecified atom stereocenters. The summed E-state index contributed by atoms with van der Waals surface area (Å²) in [6.45, 7) is 6.39. The summed E-state index contributed by atoms with van der Waals surface area (Å²) in [6, 6.07) is 11.1. The fraction of sp³-hybridized carbons (Fsp3) is 0.355. The highest BCUT2D eigenvalue weighted by atomic mass is 32.2. The number of halogens is 2. The zero-order valence-electron chi connectivity index (χ0n) is 24.0. The molecule has 0 bridgehead atoms. The van der Waals surface area contributed by atoms with E-state index in [-0.39, 0.29) is 17.7 Å². The van der Waals surface area contributed by atoms with Crippen molar-refractivity contribution in [1.29, 1.82) is 0 Å². The summed E-state index contributed by atoms with van der Waals surface area (Å²) >= 11 is 0. The first-order valence-corrected chi connectivity index (χ1v) is 15.6. The molecule has 2 aliphatic heterocycles. The summed E-state index contributed by atoms with van der Waals surface area (Å²) in [4.78, 5) is 26.6. The maximum Gasteiger partial charge on any atom is 0.410 e. The molecule has 9 nitrogen and oxygen atoms in total. The van der Waals surface area contributed by atoms with E-state index in [2.05, 4.69) is 15.4 Å². The van der Waals surface area contributed by atoms with Gasteiger partial charge in [-0.2, -0.15) is 0 Å². The van der Waals surface area contributed by atoms with Crippen LogP contribution in [0.4, 0.5) is 36.3 Å². The zero-order chi connectivity index (χ0) is 30.7. The summed E-state index contributed by atoms with van der Waals surface area (Å²) in [7, 11) is -4.41. The van der Waals surface area contributed by atoms with Crippen molar-refractivity contribution in [3.8, 4) is 0 Å². The van der Waals surface area contributed by atoms with Crippen molar-refractivity contribution in [3.05, 3.63) is 76.9 Å². The van der Waals surface area contributed by atoms with Crippen LogP contribution < -0.4 is 15.4 Å². The van der Waals surface area contributed by atoms with Crippen molar-refractivity contribution >= 4 is 44.8 Å². The highest BCUT2D eigenvalue weighted by molar-refractivity contribution is 7.92. The molecule has 1 fully saturated rings. The lowest BCUT2D eigenvalue weighted by atomic mass is 9.65. The molecule has 3 aromatic rings. The van der Waals surface area contributed by atoms with E-state index in [1.807, 2.05) is 39.0 Å². The Kier molecular flexibility index (Phi) is 6.87. The lowest BCUT2D eigenvalue weighted by Gasteiger charge is -2.36. The van der Waals surface area contributed by atoms with Gasteiger partial charge in [0, 0.05) is 24.8 Å². The van der Waals surface area contributed by atoms with Crippen LogP contribution in [0.25, 0.3) is 0 Å². The first-order valence-electron chi connectivity index (χ1n) is 14.1. The molecule has 3 aliphatic rings. The SMILES string of the molecule is CC(C)(C)OC(=O)N1CCc2cc(Nc3cc(NS(=O)(=O)c4ccc(F)cc4F)cc4c3NC(=O)C43CCC3)ccc2C1. The van der Waals surface area contributed by atoms with Crippen LogP contribution in [-0.4, -0.2) is 37.5 Å². The number of ether oxygens (including phenoxy) is 1. The van der Waals surface area contributed by atoms with Gasteiger partial charge in [-0.1, -0.05) is 12.5 Å². The second-order valence-electron chi connectivity index (χ2n) is 12.3. The van der Waals surface area contributed by atoms with Crippen LogP contribution >= 0.6 is 0 Å². The van der Waals surface area contributed by atoms with E-state index in [1.54, 1.807) is 17.0 Å². The summed E-state index contributed by atoms with van der Waals surface area (Å²) in [5.74, 6) is -2.24. The normalized spacial score (nSPS) is 17.0. The second kappa shape index (κ2) is 10.2. The van der Waals surface area contributed by atoms with Gasteiger partial charge in [0.15, 0.2) is 0 Å². The lowest BCUT2D eigenvalue weighted by Crippen LogP contribution is -2.40. The van der Waals surface area contributed by atoms with Gasteiger partial charge in [0.05, 0.1) is 22.5 Å². The molecule has 1 aliphatic carbocycles. The molecule has 3 N–H and O–H groups in total. The van der Waals surface area contributed by atoms with Crippen molar-refractivity contribution in [1.82, 2.24) is 4.90 Å². The molecule has 2 amide bonds. The number of nitrogens with one attached hydrogen (secondary N) is 3. The van der Waals surface area contributed by atoms with Crippen LogP contribution in [0.3, 0.4) is 0 Å². The van der Waals surface area contributed by atoms with Gasteiger partial charge >= 0.3 is 6.09 Å². The smallest absolute Gasteiger partial charge is 0.410 e. The summed E-state index contributed by atoms with van der Waals surface area (Å²) < 4.78 is 62.0. The van der Waals surface area contributed by atoms with Crippen LogP contribution in [0.5, 0.6) is 0 Å². The number of benzene rings is 3. The van der Waals surface area contributed by atoms with Crippen molar-refractivity contribution in [2.75, 3.05) is 21.9 Å². The number of carbonyl (C=O) groups excluding carboxylic acids is 2. The molecular weight excluding hydrogens is 578 g/mol. The highest BCUT2D eigenvalue weighted by Gasteiger charge is 2.52. The van der Waals surface area contributed by atoms with Crippen LogP contribution in [0.1, 0.15) is 56.7 Å². The van der Waals surface area contributed by atoms with Gasteiger partial charge in [-0.3, -0.25) is 9.52 Å². The average Bonchev–Trinajstić information content (AvgIpc) is 3.19. The fourth-order valence-corrected chi connectivity index (χ4v) is 6.97. The molecule has 3 aromatic carbocycles. The number of nitrogens with zero attached hydrogens (tertiary/aromatic N) is 1. The number of sulfonamides is 1. The lowest BCUT2D eigenvalue weighted by molar-refractivity contribution is -0.123. The topological polar surface area (TPSA) is 117 Å². The standard InChI is InChI=1S/C31H32F2N4O5S/c1-30(2,3)42-29(39)37-12-9-18-13-21(7-5-19(18)17-37)34-25-16-22(15-23-27(25)35-28(38)31(23)10-4-11-31)36-43(40,41)26-8-6-20(32)14-24(26)33/h5-8,13-16,34,36H,4,9-12,17H2,1-3H3,(H,35,38). The van der Waals surface area contributed by atoms with Crippen molar-refractivity contribution in [2.24, 2.45) is 0 Å². The number of hydrogen-bond donors (Lipinski definition) is 3. The fourth-order valence-electron chi connectivity index (χ4n) is 5.87. The molecule has 0 atom stereocenters. The Labute approximate surface area is 248 Å². The van der Waals surface area contributed by atoms with Gasteiger partial charge < -0.3 is 20.3 Å². The Morgan fingerprint density at radius 2 is 1.79 bits per heavy atom. The molecule has 6 rings (SSSR count). The minimum absolute atomic E-state index is 0.138. The quantitative estimate of drug-likeness (QED) is 0.318. The molecule has 226 valence electrons. The van der Waals surface area contributed by atoms with E-state index in [1.165, 1.54) is 0 Å². The Balaban J connectivity index is 1.31. The summed E-state index contributed by atoms with van der Waals surface area (Å²) in [5.41, 5.74) is 3.23. The highest BCUT2D eigenvalue weighted by Crippen LogP contribution is 2.54. The van der Waals surface area contributed by atoms with Crippen molar-refractivity contribution in [2.45, 2.75) is 68.9 Å². The number of anilines is 4. The maximum atomic E-state index is 14.4. The molecular formula is C31H32F2N4O5S. The van der Waals surface area contributed by atoms with Crippen molar-refractivity contribution in [3.63, 3.8) is 0 Å². The van der Waals surface area contributed by atoms with Crippen LogP contribution in [0.15, 0.2) is 53.4 Å². The van der Waals surface area contributed by atoms with E-state index in [0.29, 0.717) is 61.0 Å². The van der Waals surface area contributed by atoms with Crippen LogP contribution in [-0.2, 0) is 37.9 Å². The Morgan fingerprint density at radius 3 is 2.47 bits per heavy atom. The minimum atomic E-state index is -4.41. The van der Waals surface area contributed by atoms with Crippen LogP contribution in [0.2, 0.25) is 0 Å². The van der Waals surface area contributed by atoms with Gasteiger partial charge in [-0.25, -0.2) is 22.0 Å². The van der Waals surface area contributed by atoms with E-state index in [0.717, 1.165) is 29.7 Å². The molecule has 12 heteroatoms. The third-order valence-electron chi connectivity index (χ3n) is 8.12. The first kappa shape index (κ1) is 28.9. The van der Waals surface area contributed by atoms with Gasteiger partial charge in [0.1, 0.15) is 22.1 Å². The van der Waals surface area contributed by atoms with E-state index in [9.17, 15) is 26.8 Å². The predicted molar refractivity (Wildman–Crippen MR) is 158 cm³/mol. The Hall–Kier alpha value is -4.19. The van der Waals surface area contributed by atoms with E-state index >= 15 is 0 Å². The Morgan fingerprint density at radius 1 is 1.02 bits per heavy atom. The first-order chi connectivity index (χ1) is 20.2. The molecule has 43 heavy (non-hydrogen) atoms. The summed E-state index contributed by atoms with van der Waals surface area (Å²) in [5, 5.41) is 6.31. The third-order valence-corrected chi connectivity index (χ3v) is 9.53. The number of amides is 2. The Bertz CT molecular complexity index is 1770. The molecule has 0 radical (unpaired) electrons. The third kappa shape index (κ3) is 5.39. The molecule has 0 saturated heterocycles. The van der Waals surface area contributed by atoms with Crippen LogP contribution in [0, 0.1) is 11.6 Å². The van der Waals surface area contributed by atoms with Gasteiger partial charge in [0.25, 0.3) is 10.0 Å². The number of rotatable bonds is 5. The molecule has 2 heterocycles. The monoisotopic (exact) mass is 610 g/mol. The van der Waals surface area contributed by atoms with E-state index in [4.69, 9.17) is 4.74 Å². The van der Waals surface area contributed by atoms with Gasteiger partial charge in [-0.15, -0.1) is 0 Å². The molecule has 0 aromatic heterocycles. The largest absolute Gasteiger partial charge is 0.444 e.